The number of aliphatic hydroxyl groups is 1. The van der Waals surface area contributed by atoms with Gasteiger partial charge in [0.25, 0.3) is 0 Å². The summed E-state index contributed by atoms with van der Waals surface area (Å²) in [6.45, 7) is 14.0. The van der Waals surface area contributed by atoms with Crippen molar-refractivity contribution < 1.29 is 14.7 Å². The standard InChI is InChI=1S/C17H27NO3/c1-11-9-16(20)13(19)8-12(14(2,3)4)10-17(16,21-18-11)15(5,6)7/h8,20H,9-10H2,1-7H3. The molecule has 0 spiro atoms. The van der Waals surface area contributed by atoms with Gasteiger partial charge in [0, 0.05) is 18.3 Å². The Kier molecular flexibility index (Phi) is 3.41. The van der Waals surface area contributed by atoms with Crippen molar-refractivity contribution >= 4 is 11.5 Å². The summed E-state index contributed by atoms with van der Waals surface area (Å²) >= 11 is 0. The lowest BCUT2D eigenvalue weighted by Gasteiger charge is -2.55. The Morgan fingerprint density at radius 3 is 2.24 bits per heavy atom. The third kappa shape index (κ3) is 2.24. The smallest absolute Gasteiger partial charge is 0.191 e. The molecule has 1 aliphatic carbocycles. The number of hydrogen-bond donors (Lipinski definition) is 1. The van der Waals surface area contributed by atoms with Crippen molar-refractivity contribution in [3.05, 3.63) is 11.6 Å². The zero-order valence-electron chi connectivity index (χ0n) is 14.2. The summed E-state index contributed by atoms with van der Waals surface area (Å²) in [5.41, 5.74) is -1.47. The van der Waals surface area contributed by atoms with Crippen LogP contribution in [0.15, 0.2) is 16.8 Å². The van der Waals surface area contributed by atoms with E-state index in [1.54, 1.807) is 13.0 Å². The van der Waals surface area contributed by atoms with Crippen LogP contribution in [0.2, 0.25) is 0 Å². The van der Waals surface area contributed by atoms with Gasteiger partial charge < -0.3 is 9.94 Å². The van der Waals surface area contributed by atoms with E-state index >= 15 is 0 Å². The predicted molar refractivity (Wildman–Crippen MR) is 83.1 cm³/mol. The van der Waals surface area contributed by atoms with Crippen LogP contribution < -0.4 is 0 Å². The van der Waals surface area contributed by atoms with Crippen LogP contribution in [0.25, 0.3) is 0 Å². The Labute approximate surface area is 127 Å². The fourth-order valence-corrected chi connectivity index (χ4v) is 3.34. The second-order valence-electron chi connectivity index (χ2n) is 8.49. The SMILES string of the molecule is CC1=NOC2(C(C)(C)C)CC(C(C)(C)C)=CC(=O)C2(O)C1. The molecular weight excluding hydrogens is 266 g/mol. The molecule has 1 aliphatic heterocycles. The highest BCUT2D eigenvalue weighted by molar-refractivity contribution is 6.04. The van der Waals surface area contributed by atoms with E-state index in [2.05, 4.69) is 25.9 Å². The number of ketones is 1. The maximum Gasteiger partial charge on any atom is 0.191 e. The number of carbonyl (C=O) groups excluding carboxylic acids is 1. The number of fused-ring (bicyclic) bond motifs is 1. The van der Waals surface area contributed by atoms with E-state index in [0.29, 0.717) is 12.1 Å². The van der Waals surface area contributed by atoms with E-state index in [9.17, 15) is 9.90 Å². The van der Waals surface area contributed by atoms with E-state index in [4.69, 9.17) is 4.84 Å². The second-order valence-corrected chi connectivity index (χ2v) is 8.49. The second kappa shape index (κ2) is 4.42. The first kappa shape index (κ1) is 16.2. The normalized spacial score (nSPS) is 33.8. The molecule has 0 aromatic carbocycles. The van der Waals surface area contributed by atoms with Gasteiger partial charge in [0.15, 0.2) is 17.0 Å². The molecule has 118 valence electrons. The summed E-state index contributed by atoms with van der Waals surface area (Å²) in [6.07, 6.45) is 2.36. The molecule has 2 rings (SSSR count). The molecule has 0 bridgehead atoms. The van der Waals surface area contributed by atoms with E-state index in [-0.39, 0.29) is 17.6 Å². The molecule has 4 heteroatoms. The van der Waals surface area contributed by atoms with Gasteiger partial charge >= 0.3 is 0 Å². The summed E-state index contributed by atoms with van der Waals surface area (Å²) in [5.74, 6) is -0.261. The molecular formula is C17H27NO3. The lowest BCUT2D eigenvalue weighted by atomic mass is 9.56. The highest BCUT2D eigenvalue weighted by atomic mass is 16.7. The number of hydrogen-bond acceptors (Lipinski definition) is 4. The van der Waals surface area contributed by atoms with E-state index in [0.717, 1.165) is 5.57 Å². The quantitative estimate of drug-likeness (QED) is 0.746. The zero-order valence-corrected chi connectivity index (χ0v) is 14.2. The summed E-state index contributed by atoms with van der Waals surface area (Å²) in [5, 5.41) is 15.3. The zero-order chi connectivity index (χ0) is 16.3. The van der Waals surface area contributed by atoms with E-state index in [1.165, 1.54) is 0 Å². The molecule has 2 unspecified atom stereocenters. The average Bonchev–Trinajstić information content (AvgIpc) is 2.27. The van der Waals surface area contributed by atoms with Crippen molar-refractivity contribution in [2.75, 3.05) is 0 Å². The fourth-order valence-electron chi connectivity index (χ4n) is 3.34. The maximum absolute atomic E-state index is 12.7. The van der Waals surface area contributed by atoms with Crippen LogP contribution in [0.5, 0.6) is 0 Å². The van der Waals surface area contributed by atoms with Gasteiger partial charge in [0.05, 0.1) is 5.71 Å². The largest absolute Gasteiger partial charge is 0.385 e. The number of oxime groups is 1. The Bertz CT molecular complexity index is 533. The van der Waals surface area contributed by atoms with Crippen LogP contribution >= 0.6 is 0 Å². The minimum absolute atomic E-state index is 0.144. The van der Waals surface area contributed by atoms with Crippen LogP contribution in [0, 0.1) is 10.8 Å². The van der Waals surface area contributed by atoms with Gasteiger partial charge in [-0.3, -0.25) is 4.79 Å². The summed E-state index contributed by atoms with van der Waals surface area (Å²) in [7, 11) is 0. The van der Waals surface area contributed by atoms with Gasteiger partial charge in [-0.25, -0.2) is 0 Å². The van der Waals surface area contributed by atoms with Gasteiger partial charge in [-0.15, -0.1) is 0 Å². The third-order valence-electron chi connectivity index (χ3n) is 4.86. The van der Waals surface area contributed by atoms with E-state index < -0.39 is 16.6 Å². The van der Waals surface area contributed by atoms with Gasteiger partial charge in [-0.05, 0) is 18.4 Å². The molecule has 21 heavy (non-hydrogen) atoms. The van der Waals surface area contributed by atoms with Crippen LogP contribution in [0.1, 0.15) is 61.3 Å². The topological polar surface area (TPSA) is 58.9 Å². The molecule has 0 fully saturated rings. The summed E-state index contributed by atoms with van der Waals surface area (Å²) < 4.78 is 0. The lowest BCUT2D eigenvalue weighted by Crippen LogP contribution is -2.69. The van der Waals surface area contributed by atoms with Crippen molar-refractivity contribution in [3.8, 4) is 0 Å². The lowest BCUT2D eigenvalue weighted by molar-refractivity contribution is -0.235. The van der Waals surface area contributed by atoms with Crippen molar-refractivity contribution in [2.24, 2.45) is 16.0 Å². The van der Waals surface area contributed by atoms with Crippen LogP contribution in [0.3, 0.4) is 0 Å². The van der Waals surface area contributed by atoms with Crippen molar-refractivity contribution in [1.82, 2.24) is 0 Å². The molecule has 0 radical (unpaired) electrons. The maximum atomic E-state index is 12.7. The Morgan fingerprint density at radius 1 is 1.19 bits per heavy atom. The average molecular weight is 293 g/mol. The van der Waals surface area contributed by atoms with Crippen LogP contribution in [0.4, 0.5) is 0 Å². The summed E-state index contributed by atoms with van der Waals surface area (Å²) in [4.78, 5) is 18.6. The minimum atomic E-state index is -1.54. The summed E-state index contributed by atoms with van der Waals surface area (Å²) in [6, 6.07) is 0. The fraction of sp³-hybridized carbons (Fsp3) is 0.765. The molecule has 0 saturated heterocycles. The molecule has 1 heterocycles. The van der Waals surface area contributed by atoms with Gasteiger partial charge in [-0.1, -0.05) is 52.3 Å². The third-order valence-corrected chi connectivity index (χ3v) is 4.86. The van der Waals surface area contributed by atoms with Crippen LogP contribution in [-0.2, 0) is 9.63 Å². The first-order valence-electron chi connectivity index (χ1n) is 7.53. The molecule has 4 nitrogen and oxygen atoms in total. The molecule has 2 aliphatic rings. The van der Waals surface area contributed by atoms with Crippen molar-refractivity contribution in [3.63, 3.8) is 0 Å². The van der Waals surface area contributed by atoms with Gasteiger partial charge in [-0.2, -0.15) is 0 Å². The van der Waals surface area contributed by atoms with Crippen LogP contribution in [-0.4, -0.2) is 27.8 Å². The predicted octanol–water partition coefficient (Wildman–Crippen LogP) is 3.24. The van der Waals surface area contributed by atoms with E-state index in [1.807, 2.05) is 20.8 Å². The highest BCUT2D eigenvalue weighted by Gasteiger charge is 2.67. The van der Waals surface area contributed by atoms with Crippen molar-refractivity contribution in [1.29, 1.82) is 0 Å². The van der Waals surface area contributed by atoms with Gasteiger partial charge in [0.2, 0.25) is 0 Å². The highest BCUT2D eigenvalue weighted by Crippen LogP contribution is 2.54. The number of rotatable bonds is 0. The number of carbonyl (C=O) groups is 1. The monoisotopic (exact) mass is 293 g/mol. The van der Waals surface area contributed by atoms with Gasteiger partial charge in [0.1, 0.15) is 0 Å². The Balaban J connectivity index is 2.65. The first-order valence-corrected chi connectivity index (χ1v) is 7.53. The number of nitrogens with zero attached hydrogens (tertiary/aromatic N) is 1. The molecule has 1 N–H and O–H groups in total. The minimum Gasteiger partial charge on any atom is -0.385 e. The molecule has 0 amide bonds. The Morgan fingerprint density at radius 2 is 1.76 bits per heavy atom. The Hall–Kier alpha value is -1.16. The van der Waals surface area contributed by atoms with Crippen molar-refractivity contribution in [2.45, 2.75) is 72.5 Å². The molecule has 0 aromatic rings. The first-order chi connectivity index (χ1) is 9.33. The molecule has 0 aromatic heterocycles. The molecule has 2 atom stereocenters. The molecule has 0 saturated carbocycles.